The molecule has 0 atom stereocenters. The molecule has 2 aromatic carbocycles. The molecule has 0 fully saturated rings. The van der Waals surface area contributed by atoms with Crippen molar-refractivity contribution in [2.45, 2.75) is 6.92 Å². The molecule has 0 saturated carbocycles. The lowest BCUT2D eigenvalue weighted by atomic mass is 10.0. The molecule has 1 aliphatic heterocycles. The van der Waals surface area contributed by atoms with E-state index in [0.717, 1.165) is 4.90 Å². The first-order valence-electron chi connectivity index (χ1n) is 8.10. The summed E-state index contributed by atoms with van der Waals surface area (Å²) in [4.78, 5) is 49.3. The van der Waals surface area contributed by atoms with Crippen molar-refractivity contribution in [1.29, 1.82) is 0 Å². The molecule has 27 heavy (non-hydrogen) atoms. The van der Waals surface area contributed by atoms with E-state index in [-0.39, 0.29) is 28.8 Å². The van der Waals surface area contributed by atoms with Crippen LogP contribution in [0.15, 0.2) is 49.1 Å². The van der Waals surface area contributed by atoms with E-state index in [1.54, 1.807) is 13.0 Å². The second-order valence-electron chi connectivity index (χ2n) is 6.06. The number of nitrogens with zero attached hydrogens (tertiary/aromatic N) is 1. The van der Waals surface area contributed by atoms with Crippen molar-refractivity contribution in [2.75, 3.05) is 11.9 Å². The van der Waals surface area contributed by atoms with Crippen LogP contribution in [0.25, 0.3) is 0 Å². The molecule has 2 N–H and O–H groups in total. The predicted molar refractivity (Wildman–Crippen MR) is 98.1 cm³/mol. The first-order chi connectivity index (χ1) is 12.8. The highest BCUT2D eigenvalue weighted by Crippen LogP contribution is 2.25. The fraction of sp³-hybridized carbons (Fsp3) is 0.100. The summed E-state index contributed by atoms with van der Waals surface area (Å²) in [6.07, 6.45) is 1.45. The number of hydrogen-bond donors (Lipinski definition) is 2. The van der Waals surface area contributed by atoms with Crippen molar-refractivity contribution in [1.82, 2.24) is 4.90 Å². The smallest absolute Gasteiger partial charge is 0.335 e. The number of rotatable bonds is 5. The first kappa shape index (κ1) is 18.1. The Kier molecular flexibility index (Phi) is 4.60. The lowest BCUT2D eigenvalue weighted by Crippen LogP contribution is -2.29. The monoisotopic (exact) mass is 364 g/mol. The van der Waals surface area contributed by atoms with Crippen molar-refractivity contribution in [3.05, 3.63) is 76.9 Å². The summed E-state index contributed by atoms with van der Waals surface area (Å²) in [5.41, 5.74) is 1.68. The quantitative estimate of drug-likeness (QED) is 0.627. The average molecular weight is 364 g/mol. The van der Waals surface area contributed by atoms with Gasteiger partial charge in [0.25, 0.3) is 17.7 Å². The van der Waals surface area contributed by atoms with Gasteiger partial charge in [-0.3, -0.25) is 19.3 Å². The van der Waals surface area contributed by atoms with E-state index in [9.17, 15) is 19.2 Å². The van der Waals surface area contributed by atoms with Crippen molar-refractivity contribution in [3.8, 4) is 0 Å². The maximum absolute atomic E-state index is 12.6. The number of imide groups is 1. The molecule has 0 unspecified atom stereocenters. The number of aryl methyl sites for hydroxylation is 1. The van der Waals surface area contributed by atoms with Gasteiger partial charge in [0.15, 0.2) is 0 Å². The van der Waals surface area contributed by atoms with Crippen molar-refractivity contribution < 1.29 is 24.3 Å². The summed E-state index contributed by atoms with van der Waals surface area (Å²) in [6, 6.07) is 8.66. The molecule has 0 saturated heterocycles. The standard InChI is InChI=1S/C20H16N2O5/c1-3-8-22-18(24)14-7-6-12(9-15(14)19(22)25)17(23)21-16-10-13(20(26)27)5-4-11(16)2/h3-7,9-10H,1,8H2,2H3,(H,21,23)(H,26,27). The van der Waals surface area contributed by atoms with Gasteiger partial charge in [-0.1, -0.05) is 12.1 Å². The lowest BCUT2D eigenvalue weighted by Gasteiger charge is -2.10. The molecule has 3 rings (SSSR count). The summed E-state index contributed by atoms with van der Waals surface area (Å²) < 4.78 is 0. The molecule has 0 aliphatic carbocycles. The van der Waals surface area contributed by atoms with Gasteiger partial charge in [0.2, 0.25) is 0 Å². The van der Waals surface area contributed by atoms with Gasteiger partial charge >= 0.3 is 5.97 Å². The Hall–Kier alpha value is -3.74. The number of nitrogens with one attached hydrogen (secondary N) is 1. The van der Waals surface area contributed by atoms with E-state index in [2.05, 4.69) is 11.9 Å². The summed E-state index contributed by atoms with van der Waals surface area (Å²) in [5.74, 6) is -2.51. The third-order valence-corrected chi connectivity index (χ3v) is 4.28. The Labute approximate surface area is 154 Å². The van der Waals surface area contributed by atoms with Crippen LogP contribution < -0.4 is 5.32 Å². The van der Waals surface area contributed by atoms with Crippen LogP contribution in [0.4, 0.5) is 5.69 Å². The van der Waals surface area contributed by atoms with Gasteiger partial charge in [-0.2, -0.15) is 0 Å². The van der Waals surface area contributed by atoms with E-state index in [0.29, 0.717) is 11.3 Å². The third kappa shape index (κ3) is 3.22. The van der Waals surface area contributed by atoms with Gasteiger partial charge in [0, 0.05) is 17.8 Å². The summed E-state index contributed by atoms with van der Waals surface area (Å²) >= 11 is 0. The highest BCUT2D eigenvalue weighted by Gasteiger charge is 2.35. The molecular weight excluding hydrogens is 348 g/mol. The Bertz CT molecular complexity index is 1010. The Morgan fingerprint density at radius 3 is 2.41 bits per heavy atom. The van der Waals surface area contributed by atoms with E-state index >= 15 is 0 Å². The first-order valence-corrected chi connectivity index (χ1v) is 8.10. The molecular formula is C20H16N2O5. The molecule has 136 valence electrons. The maximum Gasteiger partial charge on any atom is 0.335 e. The van der Waals surface area contributed by atoms with Gasteiger partial charge in [0.05, 0.1) is 16.7 Å². The molecule has 0 spiro atoms. The van der Waals surface area contributed by atoms with E-state index in [1.165, 1.54) is 36.4 Å². The van der Waals surface area contributed by atoms with Crippen LogP contribution in [-0.2, 0) is 0 Å². The number of carboxylic acid groups (broad SMARTS) is 1. The van der Waals surface area contributed by atoms with Gasteiger partial charge in [0.1, 0.15) is 0 Å². The van der Waals surface area contributed by atoms with Gasteiger partial charge in [-0.15, -0.1) is 6.58 Å². The number of amides is 3. The molecule has 3 amide bonds. The van der Waals surface area contributed by atoms with Crippen LogP contribution in [0.3, 0.4) is 0 Å². The predicted octanol–water partition coefficient (Wildman–Crippen LogP) is 2.73. The average Bonchev–Trinajstić information content (AvgIpc) is 2.88. The number of carbonyl (C=O) groups excluding carboxylic acids is 3. The second kappa shape index (κ2) is 6.87. The zero-order chi connectivity index (χ0) is 19.7. The van der Waals surface area contributed by atoms with Crippen molar-refractivity contribution >= 4 is 29.4 Å². The minimum atomic E-state index is -1.10. The minimum absolute atomic E-state index is 0.0469. The van der Waals surface area contributed by atoms with Crippen LogP contribution in [-0.4, -0.2) is 40.2 Å². The van der Waals surface area contributed by atoms with E-state index in [4.69, 9.17) is 5.11 Å². The molecule has 7 heteroatoms. The Morgan fingerprint density at radius 2 is 1.74 bits per heavy atom. The Morgan fingerprint density at radius 1 is 1.07 bits per heavy atom. The topological polar surface area (TPSA) is 104 Å². The fourth-order valence-electron chi connectivity index (χ4n) is 2.81. The summed E-state index contributed by atoms with van der Waals surface area (Å²) in [6.45, 7) is 5.35. The zero-order valence-electron chi connectivity index (χ0n) is 14.5. The number of anilines is 1. The number of benzene rings is 2. The van der Waals surface area contributed by atoms with E-state index < -0.39 is 23.7 Å². The van der Waals surface area contributed by atoms with E-state index in [1.807, 2.05) is 0 Å². The van der Waals surface area contributed by atoms with Crippen molar-refractivity contribution in [2.24, 2.45) is 0 Å². The molecule has 0 aromatic heterocycles. The van der Waals surface area contributed by atoms with Gasteiger partial charge in [-0.05, 0) is 42.8 Å². The largest absolute Gasteiger partial charge is 0.478 e. The maximum atomic E-state index is 12.6. The fourth-order valence-corrected chi connectivity index (χ4v) is 2.81. The van der Waals surface area contributed by atoms with Gasteiger partial charge in [-0.25, -0.2) is 4.79 Å². The minimum Gasteiger partial charge on any atom is -0.478 e. The number of aromatic carboxylic acids is 1. The highest BCUT2D eigenvalue weighted by molar-refractivity contribution is 6.22. The third-order valence-electron chi connectivity index (χ3n) is 4.28. The number of carbonyl (C=O) groups is 4. The van der Waals surface area contributed by atoms with Crippen LogP contribution in [0, 0.1) is 6.92 Å². The summed E-state index contributed by atoms with van der Waals surface area (Å²) in [7, 11) is 0. The zero-order valence-corrected chi connectivity index (χ0v) is 14.5. The van der Waals surface area contributed by atoms with Gasteiger partial charge < -0.3 is 10.4 Å². The highest BCUT2D eigenvalue weighted by atomic mass is 16.4. The molecule has 1 heterocycles. The molecule has 7 nitrogen and oxygen atoms in total. The SMILES string of the molecule is C=CCN1C(=O)c2ccc(C(=O)Nc3cc(C(=O)O)ccc3C)cc2C1=O. The molecule has 2 aromatic rings. The molecule has 0 bridgehead atoms. The van der Waals surface area contributed by atoms with Crippen LogP contribution in [0.5, 0.6) is 0 Å². The number of carboxylic acids is 1. The van der Waals surface area contributed by atoms with Crippen LogP contribution in [0.1, 0.15) is 47.0 Å². The molecule has 1 aliphatic rings. The number of hydrogen-bond acceptors (Lipinski definition) is 4. The van der Waals surface area contributed by atoms with Crippen LogP contribution in [0.2, 0.25) is 0 Å². The molecule has 0 radical (unpaired) electrons. The van der Waals surface area contributed by atoms with Crippen molar-refractivity contribution in [3.63, 3.8) is 0 Å². The normalized spacial score (nSPS) is 12.7. The number of fused-ring (bicyclic) bond motifs is 1. The summed E-state index contributed by atoms with van der Waals surface area (Å²) in [5, 5.41) is 11.7. The lowest BCUT2D eigenvalue weighted by molar-refractivity contribution is 0.0666. The Balaban J connectivity index is 1.89. The van der Waals surface area contributed by atoms with Crippen LogP contribution >= 0.6 is 0 Å². The second-order valence-corrected chi connectivity index (χ2v) is 6.06.